The predicted octanol–water partition coefficient (Wildman–Crippen LogP) is 3.87. The molecule has 2 nitrogen and oxygen atoms in total. The molecule has 0 fully saturated rings. The van der Waals surface area contributed by atoms with Gasteiger partial charge in [-0.2, -0.15) is 0 Å². The molecule has 0 N–H and O–H groups in total. The molecule has 1 heterocycles. The molecule has 0 unspecified atom stereocenters. The molecule has 1 aromatic heterocycles. The Bertz CT molecular complexity index is 656. The van der Waals surface area contributed by atoms with E-state index in [4.69, 9.17) is 16.3 Å². The molecule has 0 aliphatic carbocycles. The molecule has 2 rings (SSSR count). The normalized spacial score (nSPS) is 9.75. The van der Waals surface area contributed by atoms with Crippen molar-refractivity contribution in [1.29, 1.82) is 0 Å². The van der Waals surface area contributed by atoms with Crippen molar-refractivity contribution in [1.82, 2.24) is 4.98 Å². The maximum absolute atomic E-state index is 5.83. The summed E-state index contributed by atoms with van der Waals surface area (Å²) in [7, 11) is 0. The van der Waals surface area contributed by atoms with E-state index in [9.17, 15) is 0 Å². The number of nitrogens with zero attached hydrogens (tertiary/aromatic N) is 1. The summed E-state index contributed by atoms with van der Waals surface area (Å²) in [5.74, 6) is 7.03. The number of halogens is 1. The number of alkyl halides is 1. The quantitative estimate of drug-likeness (QED) is 0.631. The second-order valence-corrected chi connectivity index (χ2v) is 4.74. The van der Waals surface area contributed by atoms with E-state index < -0.39 is 0 Å². The molecule has 0 atom stereocenters. The van der Waals surface area contributed by atoms with Crippen LogP contribution in [0.2, 0.25) is 0 Å². The molecular formula is C17H16ClNO. The van der Waals surface area contributed by atoms with Crippen LogP contribution in [0.3, 0.4) is 0 Å². The van der Waals surface area contributed by atoms with Crippen LogP contribution in [0.4, 0.5) is 0 Å². The van der Waals surface area contributed by atoms with Gasteiger partial charge in [0.2, 0.25) is 0 Å². The predicted molar refractivity (Wildman–Crippen MR) is 82.1 cm³/mol. The van der Waals surface area contributed by atoms with Crippen LogP contribution >= 0.6 is 11.6 Å². The van der Waals surface area contributed by atoms with E-state index >= 15 is 0 Å². The third-order valence-corrected chi connectivity index (χ3v) is 3.09. The number of rotatable bonds is 3. The number of hydrogen-bond acceptors (Lipinski definition) is 2. The Morgan fingerprint density at radius 1 is 1.20 bits per heavy atom. The van der Waals surface area contributed by atoms with E-state index in [1.165, 1.54) is 0 Å². The first-order valence-corrected chi connectivity index (χ1v) is 6.93. The third-order valence-electron chi connectivity index (χ3n) is 2.96. The summed E-state index contributed by atoms with van der Waals surface area (Å²) in [4.78, 5) is 4.32. The van der Waals surface area contributed by atoms with Crippen molar-refractivity contribution in [3.8, 4) is 17.6 Å². The minimum atomic E-state index is 0.344. The summed E-state index contributed by atoms with van der Waals surface area (Å²) in [6, 6.07) is 9.83. The van der Waals surface area contributed by atoms with Crippen LogP contribution in [-0.4, -0.2) is 10.9 Å². The van der Waals surface area contributed by atoms with Crippen LogP contribution in [0.1, 0.15) is 22.4 Å². The second kappa shape index (κ2) is 6.98. The van der Waals surface area contributed by atoms with Gasteiger partial charge in [-0.25, -0.2) is 0 Å². The van der Waals surface area contributed by atoms with Crippen LogP contribution in [0.15, 0.2) is 36.5 Å². The lowest BCUT2D eigenvalue weighted by Crippen LogP contribution is -2.01. The van der Waals surface area contributed by atoms with Gasteiger partial charge in [0.25, 0.3) is 0 Å². The van der Waals surface area contributed by atoms with Gasteiger partial charge in [0, 0.05) is 11.8 Å². The van der Waals surface area contributed by atoms with E-state index in [2.05, 4.69) is 16.8 Å². The van der Waals surface area contributed by atoms with Gasteiger partial charge in [0.05, 0.1) is 11.6 Å². The molecule has 0 aliphatic rings. The second-order valence-electron chi connectivity index (χ2n) is 4.47. The Morgan fingerprint density at radius 3 is 2.75 bits per heavy atom. The third kappa shape index (κ3) is 3.76. The fourth-order valence-electron chi connectivity index (χ4n) is 1.84. The van der Waals surface area contributed by atoms with Gasteiger partial charge < -0.3 is 4.74 Å². The Kier molecular flexibility index (Phi) is 5.03. The summed E-state index contributed by atoms with van der Waals surface area (Å²) in [5.41, 5.74) is 4.09. The lowest BCUT2D eigenvalue weighted by Gasteiger charge is -2.10. The molecule has 2 aromatic rings. The monoisotopic (exact) mass is 285 g/mol. The van der Waals surface area contributed by atoms with Crippen LogP contribution in [0.5, 0.6) is 5.75 Å². The summed E-state index contributed by atoms with van der Waals surface area (Å²) < 4.78 is 5.83. The molecule has 0 bridgehead atoms. The van der Waals surface area contributed by atoms with Crippen molar-refractivity contribution >= 4 is 11.6 Å². The molecule has 0 saturated heterocycles. The van der Waals surface area contributed by atoms with E-state index in [1.807, 2.05) is 44.2 Å². The highest BCUT2D eigenvalue weighted by Gasteiger charge is 2.03. The summed E-state index contributed by atoms with van der Waals surface area (Å²) >= 11 is 5.55. The SMILES string of the molecule is Cc1cc(C#CCCl)ccc1OCc1ncccc1C. The van der Waals surface area contributed by atoms with Gasteiger partial charge in [0.15, 0.2) is 0 Å². The van der Waals surface area contributed by atoms with Gasteiger partial charge in [-0.3, -0.25) is 4.98 Å². The zero-order valence-electron chi connectivity index (χ0n) is 11.6. The highest BCUT2D eigenvalue weighted by Crippen LogP contribution is 2.20. The van der Waals surface area contributed by atoms with Crippen molar-refractivity contribution in [2.75, 3.05) is 5.88 Å². The van der Waals surface area contributed by atoms with Crippen LogP contribution in [0.25, 0.3) is 0 Å². The molecule has 1 aromatic carbocycles. The molecule has 0 spiro atoms. The topological polar surface area (TPSA) is 22.1 Å². The zero-order valence-corrected chi connectivity index (χ0v) is 12.4. The fourth-order valence-corrected chi connectivity index (χ4v) is 1.91. The van der Waals surface area contributed by atoms with Gasteiger partial charge in [0.1, 0.15) is 12.4 Å². The Morgan fingerprint density at radius 2 is 2.05 bits per heavy atom. The number of aryl methyl sites for hydroxylation is 2. The van der Waals surface area contributed by atoms with E-state index in [-0.39, 0.29) is 0 Å². The highest BCUT2D eigenvalue weighted by atomic mass is 35.5. The number of aromatic nitrogens is 1. The first kappa shape index (κ1) is 14.4. The number of benzene rings is 1. The number of ether oxygens (including phenoxy) is 1. The fraction of sp³-hybridized carbons (Fsp3) is 0.235. The van der Waals surface area contributed by atoms with Gasteiger partial charge in [-0.15, -0.1) is 11.6 Å². The Hall–Kier alpha value is -1.98. The summed E-state index contributed by atoms with van der Waals surface area (Å²) in [6.07, 6.45) is 1.78. The molecule has 0 radical (unpaired) electrons. The summed E-state index contributed by atoms with van der Waals surface area (Å²) in [5, 5.41) is 0. The van der Waals surface area contributed by atoms with Crippen LogP contribution < -0.4 is 4.74 Å². The highest BCUT2D eigenvalue weighted by molar-refractivity contribution is 6.19. The van der Waals surface area contributed by atoms with E-state index in [1.54, 1.807) is 6.20 Å². The van der Waals surface area contributed by atoms with Gasteiger partial charge >= 0.3 is 0 Å². The molecule has 0 amide bonds. The number of pyridine rings is 1. The lowest BCUT2D eigenvalue weighted by atomic mass is 10.1. The van der Waals surface area contributed by atoms with E-state index in [0.717, 1.165) is 28.1 Å². The van der Waals surface area contributed by atoms with Crippen LogP contribution in [0, 0.1) is 25.7 Å². The molecule has 3 heteroatoms. The maximum Gasteiger partial charge on any atom is 0.130 e. The van der Waals surface area contributed by atoms with Gasteiger partial charge in [-0.1, -0.05) is 17.9 Å². The zero-order chi connectivity index (χ0) is 14.4. The molecule has 102 valence electrons. The molecular weight excluding hydrogens is 270 g/mol. The average molecular weight is 286 g/mol. The van der Waals surface area contributed by atoms with Crippen molar-refractivity contribution in [2.45, 2.75) is 20.5 Å². The van der Waals surface area contributed by atoms with Crippen molar-refractivity contribution in [3.05, 3.63) is 58.9 Å². The summed E-state index contributed by atoms with van der Waals surface area (Å²) in [6.45, 7) is 4.51. The van der Waals surface area contributed by atoms with Crippen LogP contribution in [-0.2, 0) is 6.61 Å². The van der Waals surface area contributed by atoms with Crippen molar-refractivity contribution < 1.29 is 4.74 Å². The lowest BCUT2D eigenvalue weighted by molar-refractivity contribution is 0.298. The Balaban J connectivity index is 2.09. The van der Waals surface area contributed by atoms with E-state index in [0.29, 0.717) is 12.5 Å². The number of hydrogen-bond donors (Lipinski definition) is 0. The first-order chi connectivity index (χ1) is 9.70. The van der Waals surface area contributed by atoms with Crippen molar-refractivity contribution in [3.63, 3.8) is 0 Å². The largest absolute Gasteiger partial charge is 0.487 e. The first-order valence-electron chi connectivity index (χ1n) is 6.39. The molecule has 0 saturated carbocycles. The minimum Gasteiger partial charge on any atom is -0.487 e. The molecule has 20 heavy (non-hydrogen) atoms. The smallest absolute Gasteiger partial charge is 0.130 e. The average Bonchev–Trinajstić information content (AvgIpc) is 2.45. The Labute approximate surface area is 124 Å². The minimum absolute atomic E-state index is 0.344. The van der Waals surface area contributed by atoms with Crippen molar-refractivity contribution in [2.24, 2.45) is 0 Å². The van der Waals surface area contributed by atoms with Gasteiger partial charge in [-0.05, 0) is 49.2 Å². The standard InChI is InChI=1S/C17H16ClNO/c1-13-5-4-10-19-16(13)12-20-17-8-7-15(6-3-9-18)11-14(17)2/h4-5,7-8,10-11H,9,12H2,1-2H3. The molecule has 0 aliphatic heterocycles. The maximum atomic E-state index is 5.83.